The van der Waals surface area contributed by atoms with Crippen LogP contribution in [-0.4, -0.2) is 30.6 Å². The lowest BCUT2D eigenvalue weighted by molar-refractivity contribution is 0.116. The van der Waals surface area contributed by atoms with Gasteiger partial charge in [0.15, 0.2) is 0 Å². The molecule has 0 bridgehead atoms. The molecule has 0 saturated carbocycles. The molecule has 0 aliphatic carbocycles. The smallest absolute Gasteiger partial charge is 0.119 e. The Morgan fingerprint density at radius 2 is 1.95 bits per heavy atom. The van der Waals surface area contributed by atoms with Gasteiger partial charge in [-0.15, -0.1) is 0 Å². The Morgan fingerprint density at radius 3 is 2.65 bits per heavy atom. The molecule has 3 heteroatoms. The molecule has 2 N–H and O–H groups in total. The Morgan fingerprint density at radius 1 is 1.20 bits per heavy atom. The number of hydrogen-bond acceptors (Lipinski definition) is 3. The highest BCUT2D eigenvalue weighted by Crippen LogP contribution is 2.21. The molecule has 1 aliphatic heterocycles. The first-order chi connectivity index (χ1) is 9.69. The SMILES string of the molecule is CC1CCC(C)N(CCCOc2ccc(CN)cc2)C1. The van der Waals surface area contributed by atoms with Crippen LogP contribution in [0.25, 0.3) is 0 Å². The van der Waals surface area contributed by atoms with Crippen LogP contribution in [0.1, 0.15) is 38.7 Å². The standard InChI is InChI=1S/C17H28N2O/c1-14-4-5-15(2)19(13-14)10-3-11-20-17-8-6-16(12-18)7-9-17/h6-9,14-15H,3-5,10-13,18H2,1-2H3. The number of rotatable bonds is 6. The average molecular weight is 276 g/mol. The van der Waals surface area contributed by atoms with Crippen LogP contribution in [0, 0.1) is 5.92 Å². The zero-order valence-corrected chi connectivity index (χ0v) is 12.8. The zero-order chi connectivity index (χ0) is 14.4. The predicted octanol–water partition coefficient (Wildman–Crippen LogP) is 3.03. The fraction of sp³-hybridized carbons (Fsp3) is 0.647. The van der Waals surface area contributed by atoms with Crippen molar-refractivity contribution in [2.45, 2.75) is 45.7 Å². The Kier molecular flexibility index (Phi) is 5.86. The Hall–Kier alpha value is -1.06. The third-order valence-corrected chi connectivity index (χ3v) is 4.26. The largest absolute Gasteiger partial charge is 0.494 e. The molecule has 0 amide bonds. The fourth-order valence-electron chi connectivity index (χ4n) is 2.87. The molecule has 2 unspecified atom stereocenters. The minimum Gasteiger partial charge on any atom is -0.494 e. The first-order valence-electron chi connectivity index (χ1n) is 7.85. The molecule has 3 nitrogen and oxygen atoms in total. The Balaban J connectivity index is 1.67. The summed E-state index contributed by atoms with van der Waals surface area (Å²) in [5.74, 6) is 1.79. The maximum absolute atomic E-state index is 5.79. The fourth-order valence-corrected chi connectivity index (χ4v) is 2.87. The van der Waals surface area contributed by atoms with E-state index < -0.39 is 0 Å². The number of hydrogen-bond donors (Lipinski definition) is 1. The molecule has 0 radical (unpaired) electrons. The molecule has 1 saturated heterocycles. The highest BCUT2D eigenvalue weighted by molar-refractivity contribution is 5.26. The lowest BCUT2D eigenvalue weighted by Gasteiger charge is -2.36. The van der Waals surface area contributed by atoms with Crippen LogP contribution >= 0.6 is 0 Å². The Labute approximate surface area is 123 Å². The molecule has 0 aromatic heterocycles. The molecule has 2 atom stereocenters. The van der Waals surface area contributed by atoms with E-state index in [4.69, 9.17) is 10.5 Å². The van der Waals surface area contributed by atoms with Gasteiger partial charge in [-0.25, -0.2) is 0 Å². The number of ether oxygens (including phenoxy) is 1. The molecular formula is C17H28N2O. The van der Waals surface area contributed by atoms with E-state index in [1.165, 1.54) is 19.4 Å². The lowest BCUT2D eigenvalue weighted by Crippen LogP contribution is -2.41. The van der Waals surface area contributed by atoms with Gasteiger partial charge in [0.1, 0.15) is 5.75 Å². The Bertz CT molecular complexity index is 390. The van der Waals surface area contributed by atoms with Crippen LogP contribution in [-0.2, 0) is 6.54 Å². The molecule has 1 aromatic carbocycles. The third-order valence-electron chi connectivity index (χ3n) is 4.26. The van der Waals surface area contributed by atoms with Crippen molar-refractivity contribution in [3.05, 3.63) is 29.8 Å². The van der Waals surface area contributed by atoms with E-state index in [0.29, 0.717) is 6.54 Å². The first-order valence-corrected chi connectivity index (χ1v) is 7.85. The highest BCUT2D eigenvalue weighted by atomic mass is 16.5. The molecule has 1 heterocycles. The van der Waals surface area contributed by atoms with Gasteiger partial charge < -0.3 is 15.4 Å². The van der Waals surface area contributed by atoms with Crippen molar-refractivity contribution < 1.29 is 4.74 Å². The van der Waals surface area contributed by atoms with Crippen LogP contribution in [0.4, 0.5) is 0 Å². The molecule has 1 aromatic rings. The van der Waals surface area contributed by atoms with Gasteiger partial charge in [-0.1, -0.05) is 19.1 Å². The van der Waals surface area contributed by atoms with Crippen LogP contribution in [0.2, 0.25) is 0 Å². The summed E-state index contributed by atoms with van der Waals surface area (Å²) in [5, 5.41) is 0. The molecule has 2 rings (SSSR count). The second kappa shape index (κ2) is 7.65. The van der Waals surface area contributed by atoms with Crippen molar-refractivity contribution in [1.82, 2.24) is 4.90 Å². The van der Waals surface area contributed by atoms with Gasteiger partial charge in [0.05, 0.1) is 6.61 Å². The van der Waals surface area contributed by atoms with E-state index in [-0.39, 0.29) is 0 Å². The van der Waals surface area contributed by atoms with Crippen LogP contribution in [0.3, 0.4) is 0 Å². The predicted molar refractivity (Wildman–Crippen MR) is 83.9 cm³/mol. The van der Waals surface area contributed by atoms with E-state index in [1.54, 1.807) is 0 Å². The van der Waals surface area contributed by atoms with Gasteiger partial charge in [-0.05, 0) is 49.8 Å². The van der Waals surface area contributed by atoms with E-state index >= 15 is 0 Å². The van der Waals surface area contributed by atoms with E-state index in [0.717, 1.165) is 42.8 Å². The molecular weight excluding hydrogens is 248 g/mol. The monoisotopic (exact) mass is 276 g/mol. The van der Waals surface area contributed by atoms with E-state index in [9.17, 15) is 0 Å². The zero-order valence-electron chi connectivity index (χ0n) is 12.8. The van der Waals surface area contributed by atoms with Crippen molar-refractivity contribution in [2.75, 3.05) is 19.7 Å². The number of piperidine rings is 1. The summed E-state index contributed by atoms with van der Waals surface area (Å²) in [6.07, 6.45) is 3.81. The van der Waals surface area contributed by atoms with Crippen molar-refractivity contribution >= 4 is 0 Å². The van der Waals surface area contributed by atoms with E-state index in [2.05, 4.69) is 18.7 Å². The maximum Gasteiger partial charge on any atom is 0.119 e. The van der Waals surface area contributed by atoms with Crippen molar-refractivity contribution in [3.63, 3.8) is 0 Å². The van der Waals surface area contributed by atoms with Gasteiger partial charge in [-0.3, -0.25) is 0 Å². The topological polar surface area (TPSA) is 38.5 Å². The lowest BCUT2D eigenvalue weighted by atomic mass is 9.95. The van der Waals surface area contributed by atoms with Crippen LogP contribution in [0.15, 0.2) is 24.3 Å². The molecule has 1 aliphatic rings. The summed E-state index contributed by atoms with van der Waals surface area (Å²) in [7, 11) is 0. The van der Waals surface area contributed by atoms with Crippen molar-refractivity contribution in [3.8, 4) is 5.75 Å². The minimum absolute atomic E-state index is 0.589. The maximum atomic E-state index is 5.79. The molecule has 0 spiro atoms. The minimum atomic E-state index is 0.589. The third kappa shape index (κ3) is 4.50. The summed E-state index contributed by atoms with van der Waals surface area (Å²) in [6, 6.07) is 8.81. The molecule has 20 heavy (non-hydrogen) atoms. The van der Waals surface area contributed by atoms with Crippen molar-refractivity contribution in [1.29, 1.82) is 0 Å². The highest BCUT2D eigenvalue weighted by Gasteiger charge is 2.21. The van der Waals surface area contributed by atoms with Gasteiger partial charge in [0, 0.05) is 25.7 Å². The van der Waals surface area contributed by atoms with Crippen LogP contribution < -0.4 is 10.5 Å². The van der Waals surface area contributed by atoms with Gasteiger partial charge >= 0.3 is 0 Å². The number of benzene rings is 1. The molecule has 1 fully saturated rings. The summed E-state index contributed by atoms with van der Waals surface area (Å²) >= 11 is 0. The summed E-state index contributed by atoms with van der Waals surface area (Å²) in [6.45, 7) is 8.47. The first kappa shape index (κ1) is 15.3. The van der Waals surface area contributed by atoms with Gasteiger partial charge in [-0.2, -0.15) is 0 Å². The average Bonchev–Trinajstić information content (AvgIpc) is 2.47. The summed E-state index contributed by atoms with van der Waals surface area (Å²) < 4.78 is 5.79. The quantitative estimate of drug-likeness (QED) is 0.812. The second-order valence-corrected chi connectivity index (χ2v) is 6.08. The second-order valence-electron chi connectivity index (χ2n) is 6.08. The summed E-state index contributed by atoms with van der Waals surface area (Å²) in [5.41, 5.74) is 6.73. The van der Waals surface area contributed by atoms with Gasteiger partial charge in [0.2, 0.25) is 0 Å². The van der Waals surface area contributed by atoms with Crippen LogP contribution in [0.5, 0.6) is 5.75 Å². The summed E-state index contributed by atoms with van der Waals surface area (Å²) in [4.78, 5) is 2.61. The normalized spacial score (nSPS) is 23.8. The number of likely N-dealkylation sites (tertiary alicyclic amines) is 1. The van der Waals surface area contributed by atoms with E-state index in [1.807, 2.05) is 24.3 Å². The number of nitrogens with zero attached hydrogens (tertiary/aromatic N) is 1. The number of nitrogens with two attached hydrogens (primary N) is 1. The van der Waals surface area contributed by atoms with Crippen molar-refractivity contribution in [2.24, 2.45) is 11.7 Å². The molecule has 112 valence electrons. The van der Waals surface area contributed by atoms with Gasteiger partial charge in [0.25, 0.3) is 0 Å².